The molecule has 0 unspecified atom stereocenters. The summed E-state index contributed by atoms with van der Waals surface area (Å²) in [6.07, 6.45) is 6.53. The molecule has 1 fully saturated rings. The Hall–Kier alpha value is -7.98. The van der Waals surface area contributed by atoms with Crippen LogP contribution in [0.2, 0.25) is 0 Å². The van der Waals surface area contributed by atoms with Gasteiger partial charge in [-0.25, -0.2) is 0 Å². The van der Waals surface area contributed by atoms with Gasteiger partial charge in [0.25, 0.3) is 0 Å². The van der Waals surface area contributed by atoms with E-state index in [0.29, 0.717) is 5.92 Å². The maximum Gasteiger partial charge on any atom is 0.179 e. The lowest BCUT2D eigenvalue weighted by Crippen LogP contribution is -2.74. The molecule has 0 atom stereocenters. The fourth-order valence-electron chi connectivity index (χ4n) is 12.1. The van der Waals surface area contributed by atoms with Crippen molar-refractivity contribution in [3.8, 4) is 33.6 Å². The molecule has 0 aliphatic heterocycles. The van der Waals surface area contributed by atoms with E-state index in [9.17, 15) is 0 Å². The van der Waals surface area contributed by atoms with Gasteiger partial charge in [0.15, 0.2) is 8.07 Å². The highest BCUT2D eigenvalue weighted by molar-refractivity contribution is 7.19. The highest BCUT2D eigenvalue weighted by Gasteiger charge is 2.41. The number of aromatic nitrogens is 2. The summed E-state index contributed by atoms with van der Waals surface area (Å²) in [6.45, 7) is 0. The Morgan fingerprint density at radius 3 is 1.55 bits per heavy atom. The molecule has 2 nitrogen and oxygen atoms in total. The zero-order valence-corrected chi connectivity index (χ0v) is 39.7. The lowest BCUT2D eigenvalue weighted by Gasteiger charge is -2.34. The Kier molecular flexibility index (Phi) is 10.3. The van der Waals surface area contributed by atoms with E-state index < -0.39 is 8.07 Å². The molecule has 3 heteroatoms. The van der Waals surface area contributed by atoms with E-state index in [1.165, 1.54) is 130 Å². The van der Waals surface area contributed by atoms with Crippen molar-refractivity contribution in [2.45, 2.75) is 38.0 Å². The average molecular weight is 901 g/mol. The summed E-state index contributed by atoms with van der Waals surface area (Å²) in [5.74, 6) is 0.608. The van der Waals surface area contributed by atoms with Crippen molar-refractivity contribution in [2.75, 3.05) is 0 Å². The quantitative estimate of drug-likeness (QED) is 0.101. The smallest absolute Gasteiger partial charge is 0.179 e. The van der Waals surface area contributed by atoms with Crippen molar-refractivity contribution in [3.63, 3.8) is 0 Å². The van der Waals surface area contributed by atoms with Gasteiger partial charge in [-0.2, -0.15) is 0 Å². The van der Waals surface area contributed by atoms with Crippen molar-refractivity contribution in [3.05, 3.63) is 254 Å². The van der Waals surface area contributed by atoms with Crippen molar-refractivity contribution < 1.29 is 0 Å². The van der Waals surface area contributed by atoms with E-state index in [2.05, 4.69) is 258 Å². The first-order valence-corrected chi connectivity index (χ1v) is 26.8. The molecule has 2 heterocycles. The van der Waals surface area contributed by atoms with Crippen molar-refractivity contribution in [1.82, 2.24) is 9.13 Å². The summed E-state index contributed by atoms with van der Waals surface area (Å²) in [7, 11) is -2.64. The summed E-state index contributed by atoms with van der Waals surface area (Å²) >= 11 is 0. The molecule has 0 bridgehead atoms. The van der Waals surface area contributed by atoms with E-state index in [1.54, 1.807) is 0 Å². The second kappa shape index (κ2) is 17.3. The molecule has 1 aliphatic carbocycles. The van der Waals surface area contributed by atoms with Gasteiger partial charge in [0, 0.05) is 27.2 Å². The van der Waals surface area contributed by atoms with E-state index >= 15 is 0 Å². The third-order valence-corrected chi connectivity index (χ3v) is 20.1. The maximum atomic E-state index is 2.58. The highest BCUT2D eigenvalue weighted by atomic mass is 28.3. The first kappa shape index (κ1) is 41.2. The predicted molar refractivity (Wildman–Crippen MR) is 295 cm³/mol. The minimum absolute atomic E-state index is 0.608. The molecule has 1 saturated carbocycles. The summed E-state index contributed by atoms with van der Waals surface area (Å²) in [4.78, 5) is 0. The Labute approximate surface area is 405 Å². The lowest BCUT2D eigenvalue weighted by atomic mass is 9.84. The van der Waals surface area contributed by atoms with Crippen LogP contribution in [0.15, 0.2) is 249 Å². The predicted octanol–water partition coefficient (Wildman–Crippen LogP) is 14.6. The Morgan fingerprint density at radius 1 is 0.319 bits per heavy atom. The molecule has 69 heavy (non-hydrogen) atoms. The largest absolute Gasteiger partial charge is 0.309 e. The van der Waals surface area contributed by atoms with Crippen LogP contribution in [0.1, 0.15) is 43.6 Å². The number of benzene rings is 10. The minimum Gasteiger partial charge on any atom is -0.309 e. The second-order valence-electron chi connectivity index (χ2n) is 19.0. The van der Waals surface area contributed by atoms with Crippen LogP contribution in [0.4, 0.5) is 0 Å². The summed E-state index contributed by atoms with van der Waals surface area (Å²) in [5.41, 5.74) is 13.6. The highest BCUT2D eigenvalue weighted by Crippen LogP contribution is 2.43. The molecule has 12 aromatic rings. The van der Waals surface area contributed by atoms with Gasteiger partial charge in [0.05, 0.1) is 27.8 Å². The number of hydrogen-bond donors (Lipinski definition) is 0. The second-order valence-corrected chi connectivity index (χ2v) is 22.9. The SMILES string of the molecule is c1ccc(-c2ccc3c(c2)c2ccc(C4CCCCC4)cc2n3-c2cccc3c2c2ccccc2n3-c2cccc(-c3ccc([Si](c4ccccc4)(c4ccccc4)c4ccccc4)cc3)c2)cc1. The van der Waals surface area contributed by atoms with E-state index in [0.717, 1.165) is 5.69 Å². The van der Waals surface area contributed by atoms with Crippen LogP contribution in [0.3, 0.4) is 0 Å². The van der Waals surface area contributed by atoms with E-state index in [1.807, 2.05) is 0 Å². The van der Waals surface area contributed by atoms with Gasteiger partial charge < -0.3 is 9.13 Å². The molecule has 13 rings (SSSR count). The third kappa shape index (κ3) is 6.91. The number of para-hydroxylation sites is 1. The van der Waals surface area contributed by atoms with Crippen LogP contribution >= 0.6 is 0 Å². The topological polar surface area (TPSA) is 9.86 Å². The molecule has 0 amide bonds. The van der Waals surface area contributed by atoms with Crippen LogP contribution in [-0.2, 0) is 0 Å². The molecule has 2 aromatic heterocycles. The van der Waals surface area contributed by atoms with Gasteiger partial charge in [0.1, 0.15) is 0 Å². The molecular weight excluding hydrogens is 849 g/mol. The minimum atomic E-state index is -2.64. The van der Waals surface area contributed by atoms with Crippen molar-refractivity contribution in [2.24, 2.45) is 0 Å². The van der Waals surface area contributed by atoms with Crippen molar-refractivity contribution >= 4 is 72.4 Å². The lowest BCUT2D eigenvalue weighted by molar-refractivity contribution is 0.444. The molecule has 330 valence electrons. The van der Waals surface area contributed by atoms with Gasteiger partial charge in [-0.05, 0) is 116 Å². The van der Waals surface area contributed by atoms with Gasteiger partial charge >= 0.3 is 0 Å². The van der Waals surface area contributed by atoms with Crippen LogP contribution < -0.4 is 20.7 Å². The van der Waals surface area contributed by atoms with Gasteiger partial charge in [-0.1, -0.05) is 219 Å². The van der Waals surface area contributed by atoms with Crippen LogP contribution in [-0.4, -0.2) is 17.2 Å². The summed E-state index contributed by atoms with van der Waals surface area (Å²) in [6, 6.07) is 93.4. The average Bonchev–Trinajstić information content (AvgIpc) is 3.95. The molecule has 0 N–H and O–H groups in total. The van der Waals surface area contributed by atoms with Crippen molar-refractivity contribution in [1.29, 1.82) is 0 Å². The van der Waals surface area contributed by atoms with Crippen LogP contribution in [0.25, 0.3) is 77.2 Å². The number of nitrogens with zero attached hydrogens (tertiary/aromatic N) is 2. The number of rotatable bonds is 9. The van der Waals surface area contributed by atoms with Gasteiger partial charge in [-0.3, -0.25) is 0 Å². The Bertz CT molecular complexity index is 3690. The zero-order chi connectivity index (χ0) is 45.7. The number of fused-ring (bicyclic) bond motifs is 6. The van der Waals surface area contributed by atoms with Crippen LogP contribution in [0.5, 0.6) is 0 Å². The van der Waals surface area contributed by atoms with Gasteiger partial charge in [-0.15, -0.1) is 0 Å². The molecule has 0 saturated heterocycles. The summed E-state index contributed by atoms with van der Waals surface area (Å²) in [5, 5.41) is 10.6. The molecule has 0 spiro atoms. The maximum absolute atomic E-state index is 2.64. The van der Waals surface area contributed by atoms with E-state index in [-0.39, 0.29) is 0 Å². The Balaban J connectivity index is 0.967. The molecule has 0 radical (unpaired) electrons. The zero-order valence-electron chi connectivity index (χ0n) is 38.7. The third-order valence-electron chi connectivity index (χ3n) is 15.3. The van der Waals surface area contributed by atoms with E-state index in [4.69, 9.17) is 0 Å². The first-order chi connectivity index (χ1) is 34.2. The Morgan fingerprint density at radius 2 is 0.855 bits per heavy atom. The fraction of sp³-hybridized carbons (Fsp3) is 0.0909. The fourth-order valence-corrected chi connectivity index (χ4v) is 16.8. The van der Waals surface area contributed by atoms with Gasteiger partial charge in [0.2, 0.25) is 0 Å². The normalized spacial score (nSPS) is 13.4. The monoisotopic (exact) mass is 900 g/mol. The molecule has 10 aromatic carbocycles. The molecule has 1 aliphatic rings. The first-order valence-electron chi connectivity index (χ1n) is 24.8. The molecular formula is C66H52N2Si. The van der Waals surface area contributed by atoms with Crippen LogP contribution in [0, 0.1) is 0 Å². The summed E-state index contributed by atoms with van der Waals surface area (Å²) < 4.78 is 5.06. The standard InChI is InChI=1S/C66H52N2Si/c1-6-20-47(21-7-1)51-39-43-62-60(45-51)58-42-38-52(48-22-8-2-9-23-48)46-65(58)68(62)64-35-19-34-63-66(64)59-32-16-17-33-61(59)67(63)53-25-18-24-50(44-53)49-36-40-57(41-37-49)69(54-26-10-3-11-27-54,55-28-12-4-13-29-55)56-30-14-5-15-31-56/h1,3-7,10-21,24-46,48H,2,8-9,22-23H2. The number of hydrogen-bond acceptors (Lipinski definition) is 0.